The molecule has 2 heterocycles. The molecule has 7 heteroatoms. The molecule has 2 aromatic carbocycles. The third-order valence-corrected chi connectivity index (χ3v) is 4.09. The molecular weight excluding hydrogens is 350 g/mol. The quantitative estimate of drug-likeness (QED) is 0.714. The summed E-state index contributed by atoms with van der Waals surface area (Å²) in [4.78, 5) is 23.8. The molecule has 4 rings (SSSR count). The van der Waals surface area contributed by atoms with Crippen LogP contribution in [0.3, 0.4) is 0 Å². The van der Waals surface area contributed by atoms with Gasteiger partial charge in [0.25, 0.3) is 5.91 Å². The molecule has 0 saturated carbocycles. The maximum absolute atomic E-state index is 12.4. The average Bonchev–Trinajstić information content (AvgIpc) is 2.67. The normalized spacial score (nSPS) is 13.8. The lowest BCUT2D eigenvalue weighted by Gasteiger charge is -2.19. The standard InChI is InChI=1S/C20H17NO6/c1-12(26-15-5-2-13-3-7-19(22)27-17(13)11-15)20(23)21-14-4-6-16-18(10-14)25-9-8-24-16/h2-7,10-12H,8-9H2,1H3,(H,21,23)/t12-/m0/s1. The van der Waals surface area contributed by atoms with Crippen LogP contribution in [0.1, 0.15) is 6.92 Å². The van der Waals surface area contributed by atoms with Crippen molar-refractivity contribution in [1.29, 1.82) is 0 Å². The van der Waals surface area contributed by atoms with E-state index < -0.39 is 11.7 Å². The molecule has 0 unspecified atom stereocenters. The van der Waals surface area contributed by atoms with Gasteiger partial charge >= 0.3 is 5.63 Å². The number of carbonyl (C=O) groups excluding carboxylic acids is 1. The van der Waals surface area contributed by atoms with Crippen LogP contribution in [0.5, 0.6) is 17.2 Å². The van der Waals surface area contributed by atoms with Gasteiger partial charge in [-0.25, -0.2) is 4.79 Å². The molecular formula is C20H17NO6. The van der Waals surface area contributed by atoms with Gasteiger partial charge in [-0.15, -0.1) is 0 Å². The minimum absolute atomic E-state index is 0.318. The summed E-state index contributed by atoms with van der Waals surface area (Å²) in [7, 11) is 0. The van der Waals surface area contributed by atoms with E-state index in [0.29, 0.717) is 41.7 Å². The van der Waals surface area contributed by atoms with Crippen LogP contribution in [0.25, 0.3) is 11.0 Å². The highest BCUT2D eigenvalue weighted by Gasteiger charge is 2.17. The number of carbonyl (C=O) groups is 1. The maximum atomic E-state index is 12.4. The first-order valence-electron chi connectivity index (χ1n) is 8.49. The third kappa shape index (κ3) is 3.72. The molecule has 1 N–H and O–H groups in total. The van der Waals surface area contributed by atoms with Gasteiger partial charge in [-0.3, -0.25) is 4.79 Å². The van der Waals surface area contributed by atoms with Crippen LogP contribution in [-0.2, 0) is 4.79 Å². The van der Waals surface area contributed by atoms with Gasteiger partial charge < -0.3 is 23.9 Å². The molecule has 0 aliphatic carbocycles. The SMILES string of the molecule is C[C@H](Oc1ccc2ccc(=O)oc2c1)C(=O)Nc1ccc2c(c1)OCCO2. The Morgan fingerprint density at radius 1 is 1.04 bits per heavy atom. The number of nitrogens with one attached hydrogen (secondary N) is 1. The molecule has 3 aromatic rings. The van der Waals surface area contributed by atoms with Gasteiger partial charge in [-0.05, 0) is 37.3 Å². The molecule has 0 bridgehead atoms. The van der Waals surface area contributed by atoms with Crippen molar-refractivity contribution in [3.63, 3.8) is 0 Å². The van der Waals surface area contributed by atoms with Gasteiger partial charge in [0.05, 0.1) is 0 Å². The van der Waals surface area contributed by atoms with Crippen LogP contribution in [0.2, 0.25) is 0 Å². The Kier molecular flexibility index (Phi) is 4.42. The van der Waals surface area contributed by atoms with Gasteiger partial charge in [0, 0.05) is 29.3 Å². The van der Waals surface area contributed by atoms with Crippen molar-refractivity contribution in [2.75, 3.05) is 18.5 Å². The molecule has 1 aliphatic heterocycles. The molecule has 7 nitrogen and oxygen atoms in total. The summed E-state index contributed by atoms with van der Waals surface area (Å²) in [5.74, 6) is 1.36. The van der Waals surface area contributed by atoms with Crippen molar-refractivity contribution in [3.8, 4) is 17.2 Å². The van der Waals surface area contributed by atoms with E-state index in [0.717, 1.165) is 5.39 Å². The van der Waals surface area contributed by atoms with Gasteiger partial charge in [0.2, 0.25) is 0 Å². The van der Waals surface area contributed by atoms with Gasteiger partial charge in [-0.2, -0.15) is 0 Å². The monoisotopic (exact) mass is 367 g/mol. The first kappa shape index (κ1) is 17.0. The van der Waals surface area contributed by atoms with Crippen molar-refractivity contribution in [2.45, 2.75) is 13.0 Å². The summed E-state index contributed by atoms with van der Waals surface area (Å²) in [6, 6.07) is 13.3. The number of ether oxygens (including phenoxy) is 3. The second-order valence-corrected chi connectivity index (χ2v) is 6.06. The van der Waals surface area contributed by atoms with Crippen LogP contribution >= 0.6 is 0 Å². The second-order valence-electron chi connectivity index (χ2n) is 6.06. The summed E-state index contributed by atoms with van der Waals surface area (Å²) in [5, 5.41) is 3.56. The van der Waals surface area contributed by atoms with E-state index in [1.54, 1.807) is 49.4 Å². The van der Waals surface area contributed by atoms with Crippen molar-refractivity contribution in [3.05, 3.63) is 59.0 Å². The van der Waals surface area contributed by atoms with E-state index in [2.05, 4.69) is 5.32 Å². The van der Waals surface area contributed by atoms with Gasteiger partial charge in [0.15, 0.2) is 17.6 Å². The number of amides is 1. The van der Waals surface area contributed by atoms with Crippen LogP contribution in [0.15, 0.2) is 57.7 Å². The summed E-state index contributed by atoms with van der Waals surface area (Å²) in [5.41, 5.74) is 0.549. The Morgan fingerprint density at radius 3 is 2.67 bits per heavy atom. The lowest BCUT2D eigenvalue weighted by atomic mass is 10.2. The number of hydrogen-bond acceptors (Lipinski definition) is 6. The predicted octanol–water partition coefficient (Wildman–Crippen LogP) is 2.97. The van der Waals surface area contributed by atoms with Gasteiger partial charge in [0.1, 0.15) is 24.5 Å². The lowest BCUT2D eigenvalue weighted by molar-refractivity contribution is -0.122. The van der Waals surface area contributed by atoms with E-state index in [4.69, 9.17) is 18.6 Å². The zero-order valence-electron chi connectivity index (χ0n) is 14.6. The maximum Gasteiger partial charge on any atom is 0.336 e. The number of hydrogen-bond donors (Lipinski definition) is 1. The van der Waals surface area contributed by atoms with Crippen molar-refractivity contribution < 1.29 is 23.4 Å². The highest BCUT2D eigenvalue weighted by molar-refractivity contribution is 5.94. The summed E-state index contributed by atoms with van der Waals surface area (Å²) in [6.07, 6.45) is -0.758. The minimum atomic E-state index is -0.758. The average molecular weight is 367 g/mol. The molecule has 1 atom stereocenters. The second kappa shape index (κ2) is 7.03. The molecule has 0 radical (unpaired) electrons. The lowest BCUT2D eigenvalue weighted by Crippen LogP contribution is -2.30. The van der Waals surface area contributed by atoms with Crippen molar-refractivity contribution in [2.24, 2.45) is 0 Å². The molecule has 1 aliphatic rings. The van der Waals surface area contributed by atoms with Gasteiger partial charge in [-0.1, -0.05) is 0 Å². The molecule has 1 aromatic heterocycles. The highest BCUT2D eigenvalue weighted by Crippen LogP contribution is 2.32. The molecule has 0 spiro atoms. The summed E-state index contributed by atoms with van der Waals surface area (Å²) in [6.45, 7) is 2.62. The van der Waals surface area contributed by atoms with Crippen LogP contribution < -0.4 is 25.2 Å². The third-order valence-electron chi connectivity index (χ3n) is 4.09. The topological polar surface area (TPSA) is 87.0 Å². The largest absolute Gasteiger partial charge is 0.486 e. The van der Waals surface area contributed by atoms with Crippen LogP contribution in [0, 0.1) is 0 Å². The Hall–Kier alpha value is -3.48. The van der Waals surface area contributed by atoms with E-state index >= 15 is 0 Å². The highest BCUT2D eigenvalue weighted by atomic mass is 16.6. The zero-order chi connectivity index (χ0) is 18.8. The predicted molar refractivity (Wildman–Crippen MR) is 98.6 cm³/mol. The first-order chi connectivity index (χ1) is 13.1. The minimum Gasteiger partial charge on any atom is -0.486 e. The zero-order valence-corrected chi connectivity index (χ0v) is 14.6. The Bertz CT molecular complexity index is 1060. The molecule has 138 valence electrons. The van der Waals surface area contributed by atoms with E-state index in [-0.39, 0.29) is 5.91 Å². The smallest absolute Gasteiger partial charge is 0.336 e. The van der Waals surface area contributed by atoms with Crippen LogP contribution in [0.4, 0.5) is 5.69 Å². The molecule has 27 heavy (non-hydrogen) atoms. The number of anilines is 1. The molecule has 0 fully saturated rings. The molecule has 1 amide bonds. The number of benzene rings is 2. The Labute approximate surface area is 154 Å². The Balaban J connectivity index is 1.45. The summed E-state index contributed by atoms with van der Waals surface area (Å²) >= 11 is 0. The fraction of sp³-hybridized carbons (Fsp3) is 0.200. The van der Waals surface area contributed by atoms with Crippen molar-refractivity contribution in [1.82, 2.24) is 0 Å². The number of rotatable bonds is 4. The van der Waals surface area contributed by atoms with Crippen molar-refractivity contribution >= 4 is 22.6 Å². The summed E-state index contributed by atoms with van der Waals surface area (Å²) < 4.78 is 21.8. The van der Waals surface area contributed by atoms with Crippen LogP contribution in [-0.4, -0.2) is 25.2 Å². The Morgan fingerprint density at radius 2 is 1.81 bits per heavy atom. The number of fused-ring (bicyclic) bond motifs is 2. The fourth-order valence-electron chi connectivity index (χ4n) is 2.74. The van der Waals surface area contributed by atoms with E-state index in [1.165, 1.54) is 6.07 Å². The van der Waals surface area contributed by atoms with E-state index in [1.807, 2.05) is 0 Å². The first-order valence-corrected chi connectivity index (χ1v) is 8.49. The molecule has 0 saturated heterocycles. The fourth-order valence-corrected chi connectivity index (χ4v) is 2.74. The van der Waals surface area contributed by atoms with E-state index in [9.17, 15) is 9.59 Å².